The zero-order valence-corrected chi connectivity index (χ0v) is 11.4. The third kappa shape index (κ3) is 3.15. The van der Waals surface area contributed by atoms with Crippen LogP contribution in [-0.4, -0.2) is 18.5 Å². The Labute approximate surface area is 109 Å². The Morgan fingerprint density at radius 3 is 2.56 bits per heavy atom. The predicted octanol–water partition coefficient (Wildman–Crippen LogP) is 2.38. The van der Waals surface area contributed by atoms with Crippen molar-refractivity contribution < 1.29 is 4.79 Å². The van der Waals surface area contributed by atoms with Gasteiger partial charge in [0.15, 0.2) is 0 Å². The van der Waals surface area contributed by atoms with Crippen molar-refractivity contribution in [3.05, 3.63) is 23.8 Å². The highest BCUT2D eigenvalue weighted by molar-refractivity contribution is 5.99. The van der Waals surface area contributed by atoms with Gasteiger partial charge in [-0.3, -0.25) is 4.79 Å². The Balaban J connectivity index is 3.12. The van der Waals surface area contributed by atoms with Crippen molar-refractivity contribution in [2.45, 2.75) is 39.7 Å². The Morgan fingerprint density at radius 2 is 2.06 bits per heavy atom. The average molecular weight is 249 g/mol. The number of rotatable bonds is 6. The second-order valence-electron chi connectivity index (χ2n) is 4.59. The quantitative estimate of drug-likeness (QED) is 0.760. The number of carbonyl (C=O) groups is 1. The molecule has 0 spiro atoms. The SMILES string of the molecule is CCCN(c1ccc(N)c(C(N)=O)c1)C(C)CC. The van der Waals surface area contributed by atoms with Crippen LogP contribution < -0.4 is 16.4 Å². The molecule has 18 heavy (non-hydrogen) atoms. The molecule has 0 aromatic heterocycles. The van der Waals surface area contributed by atoms with Crippen molar-refractivity contribution in [3.8, 4) is 0 Å². The standard InChI is InChI=1S/C14H23N3O/c1-4-8-17(10(3)5-2)11-6-7-13(15)12(9-11)14(16)18/h6-7,9-10H,4-5,8,15H2,1-3H3,(H2,16,18). The highest BCUT2D eigenvalue weighted by atomic mass is 16.1. The van der Waals surface area contributed by atoms with E-state index in [0.717, 1.165) is 25.1 Å². The van der Waals surface area contributed by atoms with Crippen LogP contribution in [0.1, 0.15) is 44.0 Å². The first kappa shape index (κ1) is 14.4. The number of primary amides is 1. The van der Waals surface area contributed by atoms with E-state index in [1.807, 2.05) is 6.07 Å². The number of amides is 1. The van der Waals surface area contributed by atoms with E-state index in [1.165, 1.54) is 0 Å². The first-order valence-corrected chi connectivity index (χ1v) is 6.47. The fraction of sp³-hybridized carbons (Fsp3) is 0.500. The molecule has 1 atom stereocenters. The maximum absolute atomic E-state index is 11.3. The maximum atomic E-state index is 11.3. The van der Waals surface area contributed by atoms with Gasteiger partial charge in [-0.05, 0) is 38.0 Å². The minimum absolute atomic E-state index is 0.400. The van der Waals surface area contributed by atoms with Gasteiger partial charge in [-0.2, -0.15) is 0 Å². The monoisotopic (exact) mass is 249 g/mol. The zero-order valence-electron chi connectivity index (χ0n) is 11.4. The Hall–Kier alpha value is -1.71. The number of carbonyl (C=O) groups excluding carboxylic acids is 1. The number of nitrogens with two attached hydrogens (primary N) is 2. The molecule has 0 saturated heterocycles. The predicted molar refractivity (Wildman–Crippen MR) is 76.8 cm³/mol. The molecule has 0 saturated carbocycles. The molecule has 0 aliphatic rings. The lowest BCUT2D eigenvalue weighted by atomic mass is 10.1. The van der Waals surface area contributed by atoms with Crippen molar-refractivity contribution in [2.75, 3.05) is 17.2 Å². The van der Waals surface area contributed by atoms with Crippen molar-refractivity contribution in [2.24, 2.45) is 5.73 Å². The minimum atomic E-state index is -0.477. The van der Waals surface area contributed by atoms with Gasteiger partial charge in [0.05, 0.1) is 5.56 Å². The second kappa shape index (κ2) is 6.28. The molecule has 0 aliphatic heterocycles. The van der Waals surface area contributed by atoms with Crippen LogP contribution in [0.2, 0.25) is 0 Å². The molecule has 100 valence electrons. The number of nitrogen functional groups attached to an aromatic ring is 1. The third-order valence-electron chi connectivity index (χ3n) is 3.22. The summed E-state index contributed by atoms with van der Waals surface area (Å²) >= 11 is 0. The summed E-state index contributed by atoms with van der Waals surface area (Å²) in [6.07, 6.45) is 2.11. The summed E-state index contributed by atoms with van der Waals surface area (Å²) in [7, 11) is 0. The van der Waals surface area contributed by atoms with Crippen LogP contribution in [0.5, 0.6) is 0 Å². The van der Waals surface area contributed by atoms with Gasteiger partial charge in [-0.25, -0.2) is 0 Å². The molecule has 4 heteroatoms. The molecule has 1 rings (SSSR count). The molecule has 0 radical (unpaired) electrons. The fourth-order valence-electron chi connectivity index (χ4n) is 2.00. The summed E-state index contributed by atoms with van der Waals surface area (Å²) in [5.41, 5.74) is 12.9. The molecular weight excluding hydrogens is 226 g/mol. The first-order valence-electron chi connectivity index (χ1n) is 6.47. The average Bonchev–Trinajstić information content (AvgIpc) is 2.35. The van der Waals surface area contributed by atoms with E-state index in [-0.39, 0.29) is 0 Å². The van der Waals surface area contributed by atoms with Gasteiger partial charge in [-0.1, -0.05) is 13.8 Å². The van der Waals surface area contributed by atoms with Crippen LogP contribution >= 0.6 is 0 Å². The lowest BCUT2D eigenvalue weighted by Gasteiger charge is -2.31. The van der Waals surface area contributed by atoms with Gasteiger partial charge >= 0.3 is 0 Å². The Bertz CT molecular complexity index is 418. The zero-order chi connectivity index (χ0) is 13.7. The van der Waals surface area contributed by atoms with E-state index in [9.17, 15) is 4.79 Å². The van der Waals surface area contributed by atoms with Crippen molar-refractivity contribution in [3.63, 3.8) is 0 Å². The normalized spacial score (nSPS) is 12.2. The summed E-state index contributed by atoms with van der Waals surface area (Å²) < 4.78 is 0. The Kier molecular flexibility index (Phi) is 5.01. The number of anilines is 2. The second-order valence-corrected chi connectivity index (χ2v) is 4.59. The van der Waals surface area contributed by atoms with Crippen LogP contribution in [0.15, 0.2) is 18.2 Å². The summed E-state index contributed by atoms with van der Waals surface area (Å²) in [6.45, 7) is 7.42. The van der Waals surface area contributed by atoms with Crippen molar-refractivity contribution in [1.82, 2.24) is 0 Å². The van der Waals surface area contributed by atoms with Crippen LogP contribution in [0.4, 0.5) is 11.4 Å². The molecule has 0 fully saturated rings. The van der Waals surface area contributed by atoms with E-state index in [1.54, 1.807) is 12.1 Å². The third-order valence-corrected chi connectivity index (χ3v) is 3.22. The summed E-state index contributed by atoms with van der Waals surface area (Å²) in [5.74, 6) is -0.477. The molecule has 0 aliphatic carbocycles. The summed E-state index contributed by atoms with van der Waals surface area (Å²) in [5, 5.41) is 0. The van der Waals surface area contributed by atoms with Crippen molar-refractivity contribution in [1.29, 1.82) is 0 Å². The molecule has 0 bridgehead atoms. The molecule has 1 aromatic carbocycles. The smallest absolute Gasteiger partial charge is 0.250 e. The van der Waals surface area contributed by atoms with Gasteiger partial charge in [0, 0.05) is 24.0 Å². The van der Waals surface area contributed by atoms with E-state index in [2.05, 4.69) is 25.7 Å². The van der Waals surface area contributed by atoms with E-state index < -0.39 is 5.91 Å². The molecule has 1 unspecified atom stereocenters. The molecule has 1 amide bonds. The highest BCUT2D eigenvalue weighted by Gasteiger charge is 2.15. The molecular formula is C14H23N3O. The van der Waals surface area contributed by atoms with Gasteiger partial charge < -0.3 is 16.4 Å². The van der Waals surface area contributed by atoms with Gasteiger partial charge in [0.25, 0.3) is 5.91 Å². The van der Waals surface area contributed by atoms with E-state index in [4.69, 9.17) is 11.5 Å². The number of hydrogen-bond donors (Lipinski definition) is 2. The summed E-state index contributed by atoms with van der Waals surface area (Å²) in [4.78, 5) is 13.6. The number of benzene rings is 1. The topological polar surface area (TPSA) is 72.3 Å². The van der Waals surface area contributed by atoms with Crippen LogP contribution in [0, 0.1) is 0 Å². The Morgan fingerprint density at radius 1 is 1.39 bits per heavy atom. The molecule has 4 N–H and O–H groups in total. The minimum Gasteiger partial charge on any atom is -0.398 e. The van der Waals surface area contributed by atoms with Gasteiger partial charge in [-0.15, -0.1) is 0 Å². The lowest BCUT2D eigenvalue weighted by Crippen LogP contribution is -2.33. The molecule has 1 aromatic rings. The van der Waals surface area contributed by atoms with Crippen LogP contribution in [0.25, 0.3) is 0 Å². The lowest BCUT2D eigenvalue weighted by molar-refractivity contribution is 0.100. The number of hydrogen-bond acceptors (Lipinski definition) is 3. The van der Waals surface area contributed by atoms with Gasteiger partial charge in [0.2, 0.25) is 0 Å². The molecule has 4 nitrogen and oxygen atoms in total. The maximum Gasteiger partial charge on any atom is 0.250 e. The van der Waals surface area contributed by atoms with Crippen LogP contribution in [0.3, 0.4) is 0 Å². The summed E-state index contributed by atoms with van der Waals surface area (Å²) in [6, 6.07) is 5.91. The van der Waals surface area contributed by atoms with Crippen molar-refractivity contribution >= 4 is 17.3 Å². The van der Waals surface area contributed by atoms with E-state index in [0.29, 0.717) is 17.3 Å². The van der Waals surface area contributed by atoms with Gasteiger partial charge in [0.1, 0.15) is 0 Å². The van der Waals surface area contributed by atoms with Crippen LogP contribution in [-0.2, 0) is 0 Å². The number of nitrogens with zero attached hydrogens (tertiary/aromatic N) is 1. The molecule has 0 heterocycles. The first-order chi connectivity index (χ1) is 8.51. The highest BCUT2D eigenvalue weighted by Crippen LogP contribution is 2.23. The largest absolute Gasteiger partial charge is 0.398 e. The fourth-order valence-corrected chi connectivity index (χ4v) is 2.00. The van der Waals surface area contributed by atoms with E-state index >= 15 is 0 Å².